The van der Waals surface area contributed by atoms with Gasteiger partial charge in [0.1, 0.15) is 5.82 Å². The quantitative estimate of drug-likeness (QED) is 0.734. The zero-order valence-electron chi connectivity index (χ0n) is 16.3. The summed E-state index contributed by atoms with van der Waals surface area (Å²) in [5, 5.41) is 0. The fourth-order valence-corrected chi connectivity index (χ4v) is 3.84. The van der Waals surface area contributed by atoms with E-state index >= 15 is 0 Å². The number of rotatable bonds is 7. The van der Waals surface area contributed by atoms with Crippen LogP contribution in [0.25, 0.3) is 11.3 Å². The van der Waals surface area contributed by atoms with Gasteiger partial charge in [-0.2, -0.15) is 0 Å². The van der Waals surface area contributed by atoms with Gasteiger partial charge < -0.3 is 20.9 Å². The number of fused-ring (bicyclic) bond motifs is 1. The van der Waals surface area contributed by atoms with Crippen LogP contribution in [-0.2, 0) is 11.3 Å². The lowest BCUT2D eigenvalue weighted by Crippen LogP contribution is -2.50. The smallest absolute Gasteiger partial charge is 0.240 e. The zero-order valence-corrected chi connectivity index (χ0v) is 16.3. The third-order valence-corrected chi connectivity index (χ3v) is 5.26. The fraction of sp³-hybridized carbons (Fsp3) is 0.524. The second-order valence-corrected chi connectivity index (χ2v) is 7.66. The summed E-state index contributed by atoms with van der Waals surface area (Å²) in [6.07, 6.45) is 4.57. The van der Waals surface area contributed by atoms with E-state index in [1.165, 1.54) is 0 Å². The van der Waals surface area contributed by atoms with E-state index in [9.17, 15) is 4.79 Å². The summed E-state index contributed by atoms with van der Waals surface area (Å²) in [7, 11) is 0. The van der Waals surface area contributed by atoms with Gasteiger partial charge >= 0.3 is 0 Å². The maximum atomic E-state index is 13.0. The molecule has 0 spiro atoms. The highest BCUT2D eigenvalue weighted by atomic mass is 16.2. The highest BCUT2D eigenvalue weighted by Crippen LogP contribution is 2.34. The third-order valence-electron chi connectivity index (χ3n) is 5.26. The van der Waals surface area contributed by atoms with Gasteiger partial charge in [0.05, 0.1) is 17.8 Å². The van der Waals surface area contributed by atoms with Crippen LogP contribution in [0.15, 0.2) is 36.5 Å². The van der Waals surface area contributed by atoms with Crippen molar-refractivity contribution >= 4 is 5.91 Å². The van der Waals surface area contributed by atoms with Crippen molar-refractivity contribution in [3.63, 3.8) is 0 Å². The average Bonchev–Trinajstić information content (AvgIpc) is 3.11. The Balaban J connectivity index is 1.84. The van der Waals surface area contributed by atoms with Gasteiger partial charge in [-0.15, -0.1) is 0 Å². The van der Waals surface area contributed by atoms with Gasteiger partial charge in [0, 0.05) is 24.8 Å². The third kappa shape index (κ3) is 4.22. The number of aromatic nitrogens is 2. The highest BCUT2D eigenvalue weighted by molar-refractivity contribution is 5.82. The monoisotopic (exact) mass is 369 g/mol. The van der Waals surface area contributed by atoms with E-state index in [2.05, 4.69) is 36.7 Å². The summed E-state index contributed by atoms with van der Waals surface area (Å²) in [6.45, 7) is 6.33. The largest absolute Gasteiger partial charge is 0.331 e. The normalized spacial score (nSPS) is 17.8. The van der Waals surface area contributed by atoms with Crippen LogP contribution in [0.3, 0.4) is 0 Å². The summed E-state index contributed by atoms with van der Waals surface area (Å²) >= 11 is 0. The van der Waals surface area contributed by atoms with Gasteiger partial charge in [-0.1, -0.05) is 50.6 Å². The van der Waals surface area contributed by atoms with Crippen molar-refractivity contribution in [2.24, 2.45) is 17.4 Å². The van der Waals surface area contributed by atoms with Crippen LogP contribution in [0.1, 0.15) is 45.0 Å². The number of hydrogen-bond acceptors (Lipinski definition) is 4. The molecule has 0 bridgehead atoms. The van der Waals surface area contributed by atoms with Gasteiger partial charge in [-0.3, -0.25) is 4.79 Å². The molecule has 0 aliphatic carbocycles. The van der Waals surface area contributed by atoms with E-state index in [-0.39, 0.29) is 17.9 Å². The van der Waals surface area contributed by atoms with Crippen molar-refractivity contribution in [2.45, 2.75) is 51.7 Å². The Morgan fingerprint density at radius 2 is 1.96 bits per heavy atom. The second-order valence-electron chi connectivity index (χ2n) is 7.66. The molecule has 3 rings (SSSR count). The molecule has 146 valence electrons. The van der Waals surface area contributed by atoms with Crippen molar-refractivity contribution in [1.82, 2.24) is 14.5 Å². The molecule has 4 N–H and O–H groups in total. The molecule has 27 heavy (non-hydrogen) atoms. The molecule has 0 unspecified atom stereocenters. The van der Waals surface area contributed by atoms with Gasteiger partial charge in [0.15, 0.2) is 0 Å². The molecule has 2 aromatic rings. The van der Waals surface area contributed by atoms with Gasteiger partial charge in [0.25, 0.3) is 0 Å². The summed E-state index contributed by atoms with van der Waals surface area (Å²) in [4.78, 5) is 19.9. The Labute approximate surface area is 161 Å². The van der Waals surface area contributed by atoms with E-state index in [1.54, 1.807) is 0 Å². The molecule has 1 amide bonds. The highest BCUT2D eigenvalue weighted by Gasteiger charge is 2.36. The predicted molar refractivity (Wildman–Crippen MR) is 108 cm³/mol. The molecule has 0 saturated heterocycles. The molecule has 0 saturated carbocycles. The second kappa shape index (κ2) is 8.67. The van der Waals surface area contributed by atoms with Crippen molar-refractivity contribution in [3.8, 4) is 11.3 Å². The fourth-order valence-electron chi connectivity index (χ4n) is 3.84. The maximum Gasteiger partial charge on any atom is 0.240 e. The molecule has 2 atom stereocenters. The molecular weight excluding hydrogens is 338 g/mol. The number of nitrogens with two attached hydrogens (primary N) is 2. The Bertz CT molecular complexity index is 755. The molecular formula is C21H31N5O. The molecule has 1 aliphatic rings. The molecule has 1 aromatic carbocycles. The van der Waals surface area contributed by atoms with Crippen LogP contribution in [-0.4, -0.2) is 39.5 Å². The maximum absolute atomic E-state index is 13.0. The topological polar surface area (TPSA) is 90.2 Å². The number of amides is 1. The van der Waals surface area contributed by atoms with E-state index in [1.807, 2.05) is 23.1 Å². The first-order valence-corrected chi connectivity index (χ1v) is 9.91. The molecule has 6 nitrogen and oxygen atoms in total. The number of nitrogens with zero attached hydrogens (tertiary/aromatic N) is 3. The lowest BCUT2D eigenvalue weighted by Gasteiger charge is -2.39. The van der Waals surface area contributed by atoms with Crippen molar-refractivity contribution < 1.29 is 4.79 Å². The minimum absolute atomic E-state index is 0.0289. The Morgan fingerprint density at radius 3 is 2.63 bits per heavy atom. The van der Waals surface area contributed by atoms with Crippen LogP contribution in [0.4, 0.5) is 0 Å². The van der Waals surface area contributed by atoms with E-state index in [4.69, 9.17) is 16.5 Å². The van der Waals surface area contributed by atoms with E-state index in [0.717, 1.165) is 36.5 Å². The first kappa shape index (κ1) is 19.6. The van der Waals surface area contributed by atoms with Gasteiger partial charge in [-0.25, -0.2) is 4.98 Å². The molecule has 0 radical (unpaired) electrons. The van der Waals surface area contributed by atoms with E-state index in [0.29, 0.717) is 19.5 Å². The molecule has 1 aromatic heterocycles. The molecule has 1 aliphatic heterocycles. The summed E-state index contributed by atoms with van der Waals surface area (Å²) in [5.41, 5.74) is 13.8. The number of hydrogen-bond donors (Lipinski definition) is 2. The minimum atomic E-state index is -0.465. The van der Waals surface area contributed by atoms with Crippen LogP contribution in [0.5, 0.6) is 0 Å². The number of benzene rings is 1. The number of carbonyl (C=O) groups excluding carboxylic acids is 1. The summed E-state index contributed by atoms with van der Waals surface area (Å²) < 4.78 is 2.19. The van der Waals surface area contributed by atoms with Crippen LogP contribution >= 0.6 is 0 Å². The van der Waals surface area contributed by atoms with Gasteiger partial charge in [0.2, 0.25) is 5.91 Å². The first-order valence-electron chi connectivity index (χ1n) is 9.91. The van der Waals surface area contributed by atoms with Crippen molar-refractivity contribution in [2.75, 3.05) is 13.1 Å². The number of unbranched alkanes of at least 4 members (excludes halogenated alkanes) is 1. The summed E-state index contributed by atoms with van der Waals surface area (Å²) in [5.74, 6) is 1.24. The van der Waals surface area contributed by atoms with Crippen LogP contribution < -0.4 is 11.5 Å². The first-order chi connectivity index (χ1) is 13.0. The van der Waals surface area contributed by atoms with Crippen molar-refractivity contribution in [3.05, 3.63) is 42.4 Å². The molecule has 0 fully saturated rings. The van der Waals surface area contributed by atoms with Crippen LogP contribution in [0, 0.1) is 5.92 Å². The lowest BCUT2D eigenvalue weighted by molar-refractivity contribution is -0.137. The Morgan fingerprint density at radius 1 is 1.22 bits per heavy atom. The molecule has 6 heteroatoms. The average molecular weight is 370 g/mol. The standard InChI is InChI=1S/C21H31N5O/c1-15(2)19-20-24-18(16-8-4-3-5-9-16)14-25(20)12-13-26(19)21(27)17(23)10-6-7-11-22/h3-5,8-9,14-15,17,19H,6-7,10-13,22-23H2,1-2H3/t17-,19-/m0/s1. The van der Waals surface area contributed by atoms with Gasteiger partial charge in [-0.05, 0) is 25.3 Å². The zero-order chi connectivity index (χ0) is 19.4. The van der Waals surface area contributed by atoms with E-state index < -0.39 is 6.04 Å². The predicted octanol–water partition coefficient (Wildman–Crippen LogP) is 2.55. The summed E-state index contributed by atoms with van der Waals surface area (Å²) in [6, 6.07) is 9.65. The lowest BCUT2D eigenvalue weighted by atomic mass is 9.98. The molecule has 2 heterocycles. The Hall–Kier alpha value is -2.18. The Kier molecular flexibility index (Phi) is 6.29. The minimum Gasteiger partial charge on any atom is -0.331 e. The SMILES string of the molecule is CC(C)[C@H]1c2nc(-c3ccccc3)cn2CCN1C(=O)[C@@H](N)CCCCN. The van der Waals surface area contributed by atoms with Crippen molar-refractivity contribution in [1.29, 1.82) is 0 Å². The number of imidazole rings is 1. The number of carbonyl (C=O) groups is 1. The van der Waals surface area contributed by atoms with Crippen LogP contribution in [0.2, 0.25) is 0 Å².